The second-order valence-corrected chi connectivity index (χ2v) is 7.47. The molecule has 1 atom stereocenters. The summed E-state index contributed by atoms with van der Waals surface area (Å²) >= 11 is 0. The van der Waals surface area contributed by atoms with Crippen LogP contribution in [0.15, 0.2) is 23.3 Å². The number of hydrogen-bond donors (Lipinski definition) is 2. The van der Waals surface area contributed by atoms with Crippen LogP contribution in [-0.4, -0.2) is 26.2 Å². The average molecular weight is 393 g/mol. The highest BCUT2D eigenvalue weighted by Crippen LogP contribution is 2.29. The molecule has 2 rings (SSSR count). The van der Waals surface area contributed by atoms with Crippen LogP contribution < -0.4 is 15.4 Å². The third kappa shape index (κ3) is 7.83. The van der Waals surface area contributed by atoms with Crippen molar-refractivity contribution in [2.24, 2.45) is 0 Å². The van der Waals surface area contributed by atoms with Gasteiger partial charge in [-0.1, -0.05) is 44.8 Å². The molecule has 1 aliphatic carbocycles. The molecule has 1 unspecified atom stereocenters. The first-order chi connectivity index (χ1) is 13.5. The second-order valence-electron chi connectivity index (χ2n) is 7.47. The van der Waals surface area contributed by atoms with Gasteiger partial charge < -0.3 is 15.4 Å². The van der Waals surface area contributed by atoms with Crippen molar-refractivity contribution >= 4 is 5.69 Å². The van der Waals surface area contributed by atoms with Gasteiger partial charge in [-0.2, -0.15) is 0 Å². The predicted molar refractivity (Wildman–Crippen MR) is 120 cm³/mol. The molecule has 0 amide bonds. The number of nitrogens with one attached hydrogen (secondary N) is 2. The molecule has 0 spiro atoms. The number of likely N-dealkylation sites (N-methyl/N-ethyl adjacent to an activating group) is 1. The van der Waals surface area contributed by atoms with Crippen LogP contribution >= 0.6 is 0 Å². The van der Waals surface area contributed by atoms with Gasteiger partial charge in [-0.3, -0.25) is 0 Å². The summed E-state index contributed by atoms with van der Waals surface area (Å²) in [5, 5.41) is 6.57. The highest BCUT2D eigenvalue weighted by molar-refractivity contribution is 5.53. The monoisotopic (exact) mass is 392 g/mol. The lowest BCUT2D eigenvalue weighted by molar-refractivity contribution is 0.206. The summed E-state index contributed by atoms with van der Waals surface area (Å²) in [7, 11) is 1.98. The van der Waals surface area contributed by atoms with E-state index in [2.05, 4.69) is 24.5 Å². The molecule has 1 aromatic carbocycles. The Morgan fingerprint density at radius 2 is 1.75 bits per heavy atom. The Balaban J connectivity index is 0.00000190. The van der Waals surface area contributed by atoms with Crippen molar-refractivity contribution in [3.05, 3.63) is 34.7 Å². The lowest BCUT2D eigenvalue weighted by Gasteiger charge is -2.22. The van der Waals surface area contributed by atoms with Gasteiger partial charge >= 0.3 is 0 Å². The topological polar surface area (TPSA) is 33.3 Å². The van der Waals surface area contributed by atoms with E-state index >= 15 is 0 Å². The van der Waals surface area contributed by atoms with E-state index < -0.39 is 0 Å². The van der Waals surface area contributed by atoms with E-state index in [0.29, 0.717) is 12.2 Å². The first kappa shape index (κ1) is 24.5. The molecule has 0 saturated heterocycles. The van der Waals surface area contributed by atoms with Crippen molar-refractivity contribution in [2.75, 3.05) is 25.5 Å². The van der Waals surface area contributed by atoms with Crippen LogP contribution in [0.25, 0.3) is 0 Å². The van der Waals surface area contributed by atoms with Crippen molar-refractivity contribution in [2.45, 2.75) is 85.7 Å². The van der Waals surface area contributed by atoms with Crippen LogP contribution in [0, 0.1) is 12.7 Å². The molecular weight excluding hydrogens is 351 g/mol. The van der Waals surface area contributed by atoms with Crippen LogP contribution in [0.4, 0.5) is 10.1 Å². The van der Waals surface area contributed by atoms with E-state index in [4.69, 9.17) is 4.74 Å². The van der Waals surface area contributed by atoms with Crippen molar-refractivity contribution in [1.29, 1.82) is 0 Å². The van der Waals surface area contributed by atoms with E-state index in [1.807, 2.05) is 33.9 Å². The predicted octanol–water partition coefficient (Wildman–Crippen LogP) is 6.62. The van der Waals surface area contributed by atoms with E-state index in [-0.39, 0.29) is 11.9 Å². The van der Waals surface area contributed by atoms with Gasteiger partial charge in [0.05, 0.1) is 11.8 Å². The Bertz CT molecular complexity index is 613. The first-order valence-electron chi connectivity index (χ1n) is 11.1. The maximum absolute atomic E-state index is 14.4. The average Bonchev–Trinajstić information content (AvgIpc) is 2.70. The van der Waals surface area contributed by atoms with Crippen LogP contribution in [0.3, 0.4) is 0 Å². The third-order valence-electron chi connectivity index (χ3n) is 5.15. The Kier molecular flexibility index (Phi) is 11.9. The number of anilines is 1. The Hall–Kier alpha value is -1.55. The van der Waals surface area contributed by atoms with E-state index in [0.717, 1.165) is 50.0 Å². The fourth-order valence-corrected chi connectivity index (χ4v) is 3.55. The highest BCUT2D eigenvalue weighted by Gasteiger charge is 2.15. The van der Waals surface area contributed by atoms with Gasteiger partial charge in [-0.05, 0) is 64.6 Å². The molecule has 28 heavy (non-hydrogen) atoms. The molecule has 160 valence electrons. The zero-order valence-electron chi connectivity index (χ0n) is 18.9. The van der Waals surface area contributed by atoms with E-state index in [1.165, 1.54) is 24.0 Å². The number of rotatable bonds is 10. The first-order valence-corrected chi connectivity index (χ1v) is 11.1. The Morgan fingerprint density at radius 1 is 1.11 bits per heavy atom. The quantitative estimate of drug-likeness (QED) is 0.439. The van der Waals surface area contributed by atoms with Crippen molar-refractivity contribution < 1.29 is 9.13 Å². The molecule has 1 aromatic rings. The lowest BCUT2D eigenvalue weighted by atomic mass is 9.91. The van der Waals surface area contributed by atoms with Gasteiger partial charge in [-0.15, -0.1) is 0 Å². The maximum atomic E-state index is 14.4. The van der Waals surface area contributed by atoms with Crippen molar-refractivity contribution in [3.8, 4) is 5.75 Å². The summed E-state index contributed by atoms with van der Waals surface area (Å²) in [5.74, 6) is 0.577. The molecule has 2 N–H and O–H groups in total. The van der Waals surface area contributed by atoms with Crippen LogP contribution in [0.1, 0.15) is 78.2 Å². The molecule has 0 radical (unpaired) electrons. The number of aryl methyl sites for hydroxylation is 1. The molecule has 1 aliphatic rings. The second kappa shape index (κ2) is 13.6. The largest absolute Gasteiger partial charge is 0.490 e. The van der Waals surface area contributed by atoms with Crippen molar-refractivity contribution in [3.63, 3.8) is 0 Å². The SMILES string of the molecule is CC.CCCCC(C)Oc1cc(NCC2=C(CNC)CCCC2)c(F)cc1C. The zero-order chi connectivity index (χ0) is 20.9. The smallest absolute Gasteiger partial charge is 0.146 e. The molecule has 0 aromatic heterocycles. The number of unbranched alkanes of at least 4 members (excludes halogenated alkanes) is 1. The van der Waals surface area contributed by atoms with Gasteiger partial charge in [0.2, 0.25) is 0 Å². The zero-order valence-corrected chi connectivity index (χ0v) is 18.9. The third-order valence-corrected chi connectivity index (χ3v) is 5.15. The maximum Gasteiger partial charge on any atom is 0.146 e. The Labute approximate surface area is 172 Å². The molecule has 0 heterocycles. The molecule has 0 aliphatic heterocycles. The van der Waals surface area contributed by atoms with Gasteiger partial charge in [0.15, 0.2) is 0 Å². The summed E-state index contributed by atoms with van der Waals surface area (Å²) in [4.78, 5) is 0. The fraction of sp³-hybridized carbons (Fsp3) is 0.667. The normalized spacial score (nSPS) is 15.0. The summed E-state index contributed by atoms with van der Waals surface area (Å²) in [6, 6.07) is 3.40. The summed E-state index contributed by atoms with van der Waals surface area (Å²) in [5.41, 5.74) is 4.28. The van der Waals surface area contributed by atoms with E-state index in [1.54, 1.807) is 6.07 Å². The van der Waals surface area contributed by atoms with Crippen LogP contribution in [-0.2, 0) is 0 Å². The number of hydrogen-bond acceptors (Lipinski definition) is 3. The minimum absolute atomic E-state index is 0.148. The molecular formula is C24H41FN2O. The lowest BCUT2D eigenvalue weighted by Crippen LogP contribution is -2.18. The van der Waals surface area contributed by atoms with Crippen LogP contribution in [0.2, 0.25) is 0 Å². The van der Waals surface area contributed by atoms with Gasteiger partial charge in [0.25, 0.3) is 0 Å². The van der Waals surface area contributed by atoms with Gasteiger partial charge in [0, 0.05) is 19.2 Å². The summed E-state index contributed by atoms with van der Waals surface area (Å²) in [6.45, 7) is 11.8. The number of ether oxygens (including phenoxy) is 1. The van der Waals surface area contributed by atoms with Crippen molar-refractivity contribution in [1.82, 2.24) is 5.32 Å². The number of halogens is 1. The Morgan fingerprint density at radius 3 is 2.36 bits per heavy atom. The van der Waals surface area contributed by atoms with Crippen LogP contribution in [0.5, 0.6) is 5.75 Å². The molecule has 0 saturated carbocycles. The molecule has 0 bridgehead atoms. The minimum atomic E-state index is -0.206. The fourth-order valence-electron chi connectivity index (χ4n) is 3.55. The number of benzene rings is 1. The van der Waals surface area contributed by atoms with Gasteiger partial charge in [-0.25, -0.2) is 4.39 Å². The standard InChI is InChI=1S/C22H35FN2O.C2H6/c1-5-6-9-17(3)26-22-13-21(20(23)12-16(22)2)25-15-19-11-8-7-10-18(19)14-24-4;1-2/h12-13,17,24-25H,5-11,14-15H2,1-4H3;1-2H3. The molecule has 3 nitrogen and oxygen atoms in total. The molecule has 0 fully saturated rings. The molecule has 4 heteroatoms. The summed E-state index contributed by atoms with van der Waals surface area (Å²) < 4.78 is 20.5. The van der Waals surface area contributed by atoms with Gasteiger partial charge in [0.1, 0.15) is 11.6 Å². The van der Waals surface area contributed by atoms with E-state index in [9.17, 15) is 4.39 Å². The highest BCUT2D eigenvalue weighted by atomic mass is 19.1. The minimum Gasteiger partial charge on any atom is -0.490 e. The summed E-state index contributed by atoms with van der Waals surface area (Å²) in [6.07, 6.45) is 8.22.